The molecule has 618 valence electrons. The van der Waals surface area contributed by atoms with Crippen LogP contribution in [0.5, 0.6) is 0 Å². The molecule has 0 heterocycles. The fourth-order valence-corrected chi connectivity index (χ4v) is 14.7. The first kappa shape index (κ1) is 102. The van der Waals surface area contributed by atoms with Gasteiger partial charge in [0.15, 0.2) is 12.2 Å². The second-order valence-electron chi connectivity index (χ2n) is 31.5. The van der Waals surface area contributed by atoms with Gasteiger partial charge in [-0.25, -0.2) is 9.13 Å². The van der Waals surface area contributed by atoms with Crippen LogP contribution in [0.4, 0.5) is 0 Å². The third-order valence-corrected chi connectivity index (χ3v) is 22.5. The van der Waals surface area contributed by atoms with E-state index in [2.05, 4.69) is 48.5 Å². The number of aliphatic hydroxyl groups is 1. The largest absolute Gasteiger partial charge is 0.472 e. The standard InChI is InChI=1S/C85H166O17P2/c1-8-11-12-13-14-15-16-17-18-19-20-21-22-27-33-38-47-54-61-68-84(89)101-80(72-95-82(87)66-59-52-45-37-32-26-24-23-25-31-36-43-50-57-64-77(6)9-2)74-99-103(91,92)97-70-79(86)71-98-104(93,94)100-75-81(73-96-83(88)67-60-53-46-41-40-44-51-58-65-78(7)10-3)102-85(90)69-62-55-48-39-34-29-28-30-35-42-49-56-63-76(4)5/h76-81,86H,8-75H2,1-7H3,(H,91,92)(H,93,94)/t77?,78?,79-,80-,81-/m1/s1. The Morgan fingerprint density at radius 3 is 0.731 bits per heavy atom. The fourth-order valence-electron chi connectivity index (χ4n) is 13.1. The van der Waals surface area contributed by atoms with E-state index in [4.69, 9.17) is 37.0 Å². The van der Waals surface area contributed by atoms with Crippen molar-refractivity contribution in [1.29, 1.82) is 0 Å². The number of ether oxygens (including phenoxy) is 4. The van der Waals surface area contributed by atoms with E-state index >= 15 is 0 Å². The molecule has 0 amide bonds. The minimum atomic E-state index is -4.97. The van der Waals surface area contributed by atoms with E-state index < -0.39 is 97.5 Å². The highest BCUT2D eigenvalue weighted by Crippen LogP contribution is 2.45. The lowest BCUT2D eigenvalue weighted by atomic mass is 9.99. The minimum Gasteiger partial charge on any atom is -0.462 e. The lowest BCUT2D eigenvalue weighted by Crippen LogP contribution is -2.30. The lowest BCUT2D eigenvalue weighted by molar-refractivity contribution is -0.161. The van der Waals surface area contributed by atoms with Crippen molar-refractivity contribution in [2.24, 2.45) is 17.8 Å². The van der Waals surface area contributed by atoms with Crippen molar-refractivity contribution in [1.82, 2.24) is 0 Å². The maximum Gasteiger partial charge on any atom is 0.472 e. The summed E-state index contributed by atoms with van der Waals surface area (Å²) in [7, 11) is -9.93. The number of rotatable bonds is 83. The Labute approximate surface area is 638 Å². The highest BCUT2D eigenvalue weighted by atomic mass is 31.2. The number of phosphoric acid groups is 2. The van der Waals surface area contributed by atoms with Crippen LogP contribution in [-0.2, 0) is 65.4 Å². The van der Waals surface area contributed by atoms with E-state index in [1.165, 1.54) is 257 Å². The van der Waals surface area contributed by atoms with Gasteiger partial charge in [-0.15, -0.1) is 0 Å². The van der Waals surface area contributed by atoms with Gasteiger partial charge in [0.05, 0.1) is 26.4 Å². The van der Waals surface area contributed by atoms with Crippen molar-refractivity contribution in [2.75, 3.05) is 39.6 Å². The highest BCUT2D eigenvalue weighted by molar-refractivity contribution is 7.47. The number of hydrogen-bond donors (Lipinski definition) is 3. The first-order valence-corrected chi connectivity index (χ1v) is 46.9. The second kappa shape index (κ2) is 75.1. The monoisotopic (exact) mass is 1520 g/mol. The Morgan fingerprint density at radius 1 is 0.279 bits per heavy atom. The second-order valence-corrected chi connectivity index (χ2v) is 34.4. The molecule has 104 heavy (non-hydrogen) atoms. The number of esters is 4. The van der Waals surface area contributed by atoms with Gasteiger partial charge in [0.25, 0.3) is 0 Å². The molecule has 0 aromatic rings. The van der Waals surface area contributed by atoms with Crippen LogP contribution >= 0.6 is 15.6 Å². The Kier molecular flexibility index (Phi) is 73.7. The Hall–Kier alpha value is -1.94. The van der Waals surface area contributed by atoms with Gasteiger partial charge in [0.1, 0.15) is 19.3 Å². The van der Waals surface area contributed by atoms with E-state index in [-0.39, 0.29) is 25.7 Å². The van der Waals surface area contributed by atoms with Crippen molar-refractivity contribution in [3.05, 3.63) is 0 Å². The molecule has 4 unspecified atom stereocenters. The van der Waals surface area contributed by atoms with Crippen LogP contribution in [0, 0.1) is 17.8 Å². The molecule has 0 aliphatic rings. The van der Waals surface area contributed by atoms with Gasteiger partial charge in [0.2, 0.25) is 0 Å². The lowest BCUT2D eigenvalue weighted by Gasteiger charge is -2.21. The van der Waals surface area contributed by atoms with E-state index in [1.807, 2.05) is 0 Å². The summed E-state index contributed by atoms with van der Waals surface area (Å²) in [5, 5.41) is 10.7. The van der Waals surface area contributed by atoms with Crippen molar-refractivity contribution < 1.29 is 80.2 Å². The summed E-state index contributed by atoms with van der Waals surface area (Å²) in [5.74, 6) is 0.299. The molecule has 17 nitrogen and oxygen atoms in total. The summed E-state index contributed by atoms with van der Waals surface area (Å²) in [6.07, 6.45) is 65.1. The summed E-state index contributed by atoms with van der Waals surface area (Å²) < 4.78 is 68.9. The van der Waals surface area contributed by atoms with Gasteiger partial charge < -0.3 is 33.8 Å². The molecule has 7 atom stereocenters. The minimum absolute atomic E-state index is 0.107. The van der Waals surface area contributed by atoms with Crippen molar-refractivity contribution >= 4 is 39.5 Å². The van der Waals surface area contributed by atoms with Crippen LogP contribution in [0.3, 0.4) is 0 Å². The van der Waals surface area contributed by atoms with Crippen LogP contribution in [-0.4, -0.2) is 96.7 Å². The Balaban J connectivity index is 5.27. The highest BCUT2D eigenvalue weighted by Gasteiger charge is 2.30. The molecule has 0 fully saturated rings. The van der Waals surface area contributed by atoms with Gasteiger partial charge >= 0.3 is 39.5 Å². The zero-order chi connectivity index (χ0) is 76.5. The first-order chi connectivity index (χ1) is 50.3. The predicted octanol–water partition coefficient (Wildman–Crippen LogP) is 25.7. The molecule has 19 heteroatoms. The molecular weight excluding hydrogens is 1350 g/mol. The number of carbonyl (C=O) groups is 4. The molecule has 0 aromatic carbocycles. The zero-order valence-electron chi connectivity index (χ0n) is 68.5. The quantitative estimate of drug-likeness (QED) is 0.0222. The molecule has 0 saturated heterocycles. The van der Waals surface area contributed by atoms with Crippen LogP contribution in [0.15, 0.2) is 0 Å². The van der Waals surface area contributed by atoms with Gasteiger partial charge in [0, 0.05) is 25.7 Å². The molecular formula is C85H166O17P2. The van der Waals surface area contributed by atoms with Crippen LogP contribution < -0.4 is 0 Å². The first-order valence-electron chi connectivity index (χ1n) is 43.9. The summed E-state index contributed by atoms with van der Waals surface area (Å²) in [4.78, 5) is 73.2. The Morgan fingerprint density at radius 2 is 0.490 bits per heavy atom. The Bertz CT molecular complexity index is 2010. The van der Waals surface area contributed by atoms with E-state index in [0.29, 0.717) is 25.7 Å². The average Bonchev–Trinajstić information content (AvgIpc) is 0.909. The van der Waals surface area contributed by atoms with Gasteiger partial charge in [-0.1, -0.05) is 395 Å². The number of carbonyl (C=O) groups excluding carboxylic acids is 4. The SMILES string of the molecule is CCCCCCCCCCCCCCCCCCCCCC(=O)O[C@H](COC(=O)CCCCCCCCCCCCCCCCC(C)CC)COP(=O)(O)OC[C@@H](O)COP(=O)(O)OC[C@@H](COC(=O)CCCCCCCCCCC(C)CC)OC(=O)CCCCCCCCCCCCCCC(C)C. The van der Waals surface area contributed by atoms with Crippen molar-refractivity contribution in [2.45, 2.75) is 465 Å². The predicted molar refractivity (Wildman–Crippen MR) is 428 cm³/mol. The molecule has 0 aromatic heterocycles. The smallest absolute Gasteiger partial charge is 0.462 e. The van der Waals surface area contributed by atoms with Crippen LogP contribution in [0.25, 0.3) is 0 Å². The van der Waals surface area contributed by atoms with Gasteiger partial charge in [-0.3, -0.25) is 37.3 Å². The van der Waals surface area contributed by atoms with E-state index in [1.54, 1.807) is 0 Å². The molecule has 3 N–H and O–H groups in total. The number of unbranched alkanes of at least 4 members (excludes halogenated alkanes) is 49. The summed E-state index contributed by atoms with van der Waals surface area (Å²) >= 11 is 0. The van der Waals surface area contributed by atoms with E-state index in [0.717, 1.165) is 108 Å². The molecule has 0 radical (unpaired) electrons. The normalized spacial score (nSPS) is 14.4. The fraction of sp³-hybridized carbons (Fsp3) is 0.953. The van der Waals surface area contributed by atoms with Crippen LogP contribution in [0.1, 0.15) is 447 Å². The molecule has 0 spiro atoms. The maximum atomic E-state index is 13.1. The van der Waals surface area contributed by atoms with Crippen LogP contribution in [0.2, 0.25) is 0 Å². The number of hydrogen-bond acceptors (Lipinski definition) is 15. The van der Waals surface area contributed by atoms with Gasteiger partial charge in [-0.05, 0) is 43.4 Å². The molecule has 0 saturated carbocycles. The van der Waals surface area contributed by atoms with Gasteiger partial charge in [-0.2, -0.15) is 0 Å². The number of aliphatic hydroxyl groups excluding tert-OH is 1. The number of phosphoric ester groups is 2. The maximum absolute atomic E-state index is 13.1. The van der Waals surface area contributed by atoms with Crippen molar-refractivity contribution in [3.8, 4) is 0 Å². The third-order valence-electron chi connectivity index (χ3n) is 20.6. The van der Waals surface area contributed by atoms with Crippen molar-refractivity contribution in [3.63, 3.8) is 0 Å². The zero-order valence-corrected chi connectivity index (χ0v) is 70.3. The molecule has 0 bridgehead atoms. The summed E-state index contributed by atoms with van der Waals surface area (Å²) in [6, 6.07) is 0. The third kappa shape index (κ3) is 75.5. The topological polar surface area (TPSA) is 237 Å². The molecule has 0 rings (SSSR count). The average molecular weight is 1520 g/mol. The summed E-state index contributed by atoms with van der Waals surface area (Å²) in [6.45, 7) is 12.0. The van der Waals surface area contributed by atoms with E-state index in [9.17, 15) is 43.2 Å². The molecule has 0 aliphatic heterocycles. The summed E-state index contributed by atoms with van der Waals surface area (Å²) in [5.41, 5.74) is 0. The molecule has 0 aliphatic carbocycles.